The quantitative estimate of drug-likeness (QED) is 0.803. The Morgan fingerprint density at radius 1 is 1.26 bits per heavy atom. The summed E-state index contributed by atoms with van der Waals surface area (Å²) < 4.78 is 0. The maximum absolute atomic E-state index is 10.7. The van der Waals surface area contributed by atoms with E-state index in [9.17, 15) is 4.79 Å². The van der Waals surface area contributed by atoms with Crippen LogP contribution in [0, 0.1) is 0 Å². The third-order valence-corrected chi connectivity index (χ3v) is 4.14. The largest absolute Gasteiger partial charge is 0.477 e. The van der Waals surface area contributed by atoms with Crippen molar-refractivity contribution < 1.29 is 9.90 Å². The van der Waals surface area contributed by atoms with Crippen LogP contribution in [0.15, 0.2) is 36.4 Å². The number of carboxylic acid groups (broad SMARTS) is 1. The molecule has 100 valence electrons. The number of hydrogen-bond acceptors (Lipinski definition) is 3. The highest BCUT2D eigenvalue weighted by Gasteiger charge is 2.06. The summed E-state index contributed by atoms with van der Waals surface area (Å²) in [5.74, 6) is -0.868. The van der Waals surface area contributed by atoms with E-state index in [1.54, 1.807) is 6.07 Å². The maximum Gasteiger partial charge on any atom is 0.345 e. The maximum atomic E-state index is 10.7. The number of nitrogens with one attached hydrogen (secondary N) is 1. The van der Waals surface area contributed by atoms with E-state index < -0.39 is 5.97 Å². The molecule has 0 fully saturated rings. The summed E-state index contributed by atoms with van der Waals surface area (Å²) in [6.45, 7) is 1.49. The lowest BCUT2D eigenvalue weighted by Crippen LogP contribution is -2.16. The van der Waals surface area contributed by atoms with Crippen LogP contribution >= 0.6 is 22.9 Å². The van der Waals surface area contributed by atoms with E-state index in [4.69, 9.17) is 16.7 Å². The van der Waals surface area contributed by atoms with Gasteiger partial charge in [0.1, 0.15) is 4.88 Å². The second-order valence-corrected chi connectivity index (χ2v) is 5.66. The molecule has 0 bridgehead atoms. The molecule has 2 aromatic rings. The van der Waals surface area contributed by atoms with E-state index in [0.29, 0.717) is 11.4 Å². The van der Waals surface area contributed by atoms with Crippen LogP contribution in [0.3, 0.4) is 0 Å². The molecule has 0 spiro atoms. The normalized spacial score (nSPS) is 10.6. The first-order valence-corrected chi connectivity index (χ1v) is 7.12. The number of benzene rings is 1. The van der Waals surface area contributed by atoms with Crippen LogP contribution in [0.1, 0.15) is 20.1 Å². The minimum absolute atomic E-state index is 0.378. The average Bonchev–Trinajstić information content (AvgIpc) is 2.85. The van der Waals surface area contributed by atoms with Gasteiger partial charge in [0.05, 0.1) is 0 Å². The van der Waals surface area contributed by atoms with E-state index in [2.05, 4.69) is 5.32 Å². The molecule has 0 aliphatic heterocycles. The number of halogens is 1. The predicted octanol–water partition coefficient (Wildman–Crippen LogP) is 3.43. The molecule has 0 aliphatic carbocycles. The van der Waals surface area contributed by atoms with Gasteiger partial charge in [0.15, 0.2) is 0 Å². The molecule has 2 N–H and O–H groups in total. The molecular weight excluding hydrogens is 282 g/mol. The van der Waals surface area contributed by atoms with Crippen LogP contribution in [0.4, 0.5) is 0 Å². The van der Waals surface area contributed by atoms with Crippen molar-refractivity contribution in [3.8, 4) is 0 Å². The number of hydrogen-bond donors (Lipinski definition) is 2. The lowest BCUT2D eigenvalue weighted by Gasteiger charge is -2.05. The lowest BCUT2D eigenvalue weighted by atomic mass is 10.1. The highest BCUT2D eigenvalue weighted by Crippen LogP contribution is 2.17. The van der Waals surface area contributed by atoms with Crippen LogP contribution in [0.5, 0.6) is 0 Å². The summed E-state index contributed by atoms with van der Waals surface area (Å²) >= 11 is 7.37. The van der Waals surface area contributed by atoms with E-state index in [-0.39, 0.29) is 0 Å². The Morgan fingerprint density at radius 2 is 2.05 bits per heavy atom. The van der Waals surface area contributed by atoms with Gasteiger partial charge in [-0.05, 0) is 36.7 Å². The number of rotatable bonds is 6. The summed E-state index contributed by atoms with van der Waals surface area (Å²) in [6.07, 6.45) is 0.858. The zero-order chi connectivity index (χ0) is 13.7. The molecule has 0 saturated heterocycles. The molecule has 0 atom stereocenters. The van der Waals surface area contributed by atoms with Gasteiger partial charge in [0.25, 0.3) is 0 Å². The molecule has 1 aromatic carbocycles. The minimum atomic E-state index is -0.868. The van der Waals surface area contributed by atoms with E-state index in [1.165, 1.54) is 11.3 Å². The zero-order valence-corrected chi connectivity index (χ0v) is 11.8. The predicted molar refractivity (Wildman–Crippen MR) is 78.1 cm³/mol. The molecule has 5 heteroatoms. The fraction of sp³-hybridized carbons (Fsp3) is 0.214. The fourth-order valence-corrected chi connectivity index (χ4v) is 2.77. The Hall–Kier alpha value is -1.36. The average molecular weight is 296 g/mol. The van der Waals surface area contributed by atoms with Gasteiger partial charge in [0, 0.05) is 16.4 Å². The molecule has 2 rings (SSSR count). The molecule has 0 unspecified atom stereocenters. The Morgan fingerprint density at radius 3 is 2.74 bits per heavy atom. The molecule has 19 heavy (non-hydrogen) atoms. The van der Waals surface area contributed by atoms with Gasteiger partial charge < -0.3 is 10.4 Å². The first kappa shape index (κ1) is 14.1. The monoisotopic (exact) mass is 295 g/mol. The highest BCUT2D eigenvalue weighted by atomic mass is 35.5. The molecule has 0 aliphatic rings. The van der Waals surface area contributed by atoms with Gasteiger partial charge in [-0.1, -0.05) is 29.8 Å². The van der Waals surface area contributed by atoms with Crippen molar-refractivity contribution in [2.24, 2.45) is 0 Å². The summed E-state index contributed by atoms with van der Waals surface area (Å²) in [5, 5.41) is 12.9. The first-order valence-electron chi connectivity index (χ1n) is 5.93. The van der Waals surface area contributed by atoms with E-state index >= 15 is 0 Å². The standard InChI is InChI=1S/C14H14ClNO2S/c15-12-4-2-1-3-10(12)7-8-16-9-11-5-6-13(19-11)14(17)18/h1-6,16H,7-9H2,(H,17,18). The number of aromatic carboxylic acids is 1. The van der Waals surface area contributed by atoms with Gasteiger partial charge >= 0.3 is 5.97 Å². The van der Waals surface area contributed by atoms with Crippen molar-refractivity contribution in [1.29, 1.82) is 0 Å². The molecule has 3 nitrogen and oxygen atoms in total. The first-order chi connectivity index (χ1) is 9.16. The number of carboxylic acids is 1. The Balaban J connectivity index is 1.77. The van der Waals surface area contributed by atoms with Gasteiger partial charge in [-0.2, -0.15) is 0 Å². The van der Waals surface area contributed by atoms with Crippen LogP contribution in [0.25, 0.3) is 0 Å². The Kier molecular flexibility index (Phi) is 4.96. The summed E-state index contributed by atoms with van der Waals surface area (Å²) in [4.78, 5) is 12.1. The van der Waals surface area contributed by atoms with Crippen LogP contribution in [0.2, 0.25) is 5.02 Å². The second-order valence-electron chi connectivity index (χ2n) is 4.09. The van der Waals surface area contributed by atoms with E-state index in [1.807, 2.05) is 30.3 Å². The molecule has 1 heterocycles. The van der Waals surface area contributed by atoms with Crippen LogP contribution in [-0.2, 0) is 13.0 Å². The zero-order valence-electron chi connectivity index (χ0n) is 10.2. The molecule has 0 saturated carbocycles. The molecule has 1 aromatic heterocycles. The number of thiophene rings is 1. The van der Waals surface area contributed by atoms with Crippen molar-refractivity contribution in [1.82, 2.24) is 5.32 Å². The second kappa shape index (κ2) is 6.70. The van der Waals surface area contributed by atoms with E-state index in [0.717, 1.165) is 28.4 Å². The lowest BCUT2D eigenvalue weighted by molar-refractivity contribution is 0.0702. The van der Waals surface area contributed by atoms with Crippen molar-refractivity contribution >= 4 is 28.9 Å². The van der Waals surface area contributed by atoms with Crippen molar-refractivity contribution in [3.05, 3.63) is 56.7 Å². The highest BCUT2D eigenvalue weighted by molar-refractivity contribution is 7.13. The Bertz CT molecular complexity index is 568. The van der Waals surface area contributed by atoms with Gasteiger partial charge in [-0.3, -0.25) is 0 Å². The SMILES string of the molecule is O=C(O)c1ccc(CNCCc2ccccc2Cl)s1. The van der Waals surface area contributed by atoms with Crippen molar-refractivity contribution in [2.75, 3.05) is 6.54 Å². The Labute approximate surface area is 120 Å². The van der Waals surface area contributed by atoms with Gasteiger partial charge in [0.2, 0.25) is 0 Å². The number of carbonyl (C=O) groups is 1. The molecular formula is C14H14ClNO2S. The van der Waals surface area contributed by atoms with Crippen molar-refractivity contribution in [2.45, 2.75) is 13.0 Å². The summed E-state index contributed by atoms with van der Waals surface area (Å²) in [7, 11) is 0. The minimum Gasteiger partial charge on any atom is -0.477 e. The van der Waals surface area contributed by atoms with Crippen molar-refractivity contribution in [3.63, 3.8) is 0 Å². The van der Waals surface area contributed by atoms with Crippen LogP contribution < -0.4 is 5.32 Å². The molecule has 0 radical (unpaired) electrons. The van der Waals surface area contributed by atoms with Gasteiger partial charge in [-0.25, -0.2) is 4.79 Å². The third-order valence-electron chi connectivity index (χ3n) is 2.70. The van der Waals surface area contributed by atoms with Gasteiger partial charge in [-0.15, -0.1) is 11.3 Å². The smallest absolute Gasteiger partial charge is 0.345 e. The third kappa shape index (κ3) is 4.06. The summed E-state index contributed by atoms with van der Waals surface area (Å²) in [6, 6.07) is 11.3. The molecule has 0 amide bonds. The topological polar surface area (TPSA) is 49.3 Å². The summed E-state index contributed by atoms with van der Waals surface area (Å²) in [5.41, 5.74) is 1.12. The van der Waals surface area contributed by atoms with Crippen LogP contribution in [-0.4, -0.2) is 17.6 Å². The fourth-order valence-electron chi connectivity index (χ4n) is 1.72.